The lowest BCUT2D eigenvalue weighted by atomic mass is 10.0. The number of aromatic nitrogens is 2. The largest absolute Gasteiger partial charge is 0.271 e. The third-order valence-electron chi connectivity index (χ3n) is 3.10. The first kappa shape index (κ1) is 16.0. The van der Waals surface area contributed by atoms with Gasteiger partial charge in [0.2, 0.25) is 0 Å². The first-order valence-corrected chi connectivity index (χ1v) is 8.19. The smallest absolute Gasteiger partial charge is 0.150 e. The van der Waals surface area contributed by atoms with E-state index in [1.54, 1.807) is 6.92 Å². The molecule has 0 amide bonds. The van der Waals surface area contributed by atoms with Gasteiger partial charge < -0.3 is 0 Å². The molecule has 0 aliphatic carbocycles. The van der Waals surface area contributed by atoms with Crippen LogP contribution in [0.25, 0.3) is 0 Å². The summed E-state index contributed by atoms with van der Waals surface area (Å²) in [5, 5.41) is 8.03. The zero-order valence-electron chi connectivity index (χ0n) is 11.7. The minimum Gasteiger partial charge on any atom is -0.271 e. The molecule has 0 saturated carbocycles. The number of aryl methyl sites for hydroxylation is 2. The number of sulfone groups is 1. The van der Waals surface area contributed by atoms with Gasteiger partial charge in [0.25, 0.3) is 0 Å². The minimum absolute atomic E-state index is 0.0961. The second-order valence-electron chi connectivity index (χ2n) is 4.62. The summed E-state index contributed by atoms with van der Waals surface area (Å²) in [5.41, 5.74) is 5.34. The SMILES string of the molecule is CCS(=O)(=O)CCCC(NN)c1cc(C)nnc1C. The standard InChI is InChI=1S/C12H22N4O2S/c1-4-19(17,18)7-5-6-12(14-13)11-8-9(2)15-16-10(11)3/h8,12,14H,4-7,13H2,1-3H3. The van der Waals surface area contributed by atoms with Crippen LogP contribution in [0.3, 0.4) is 0 Å². The van der Waals surface area contributed by atoms with Crippen molar-refractivity contribution < 1.29 is 8.42 Å². The Morgan fingerprint density at radius 3 is 2.63 bits per heavy atom. The van der Waals surface area contributed by atoms with E-state index in [0.29, 0.717) is 12.8 Å². The number of nitrogens with one attached hydrogen (secondary N) is 1. The molecule has 1 aromatic heterocycles. The van der Waals surface area contributed by atoms with Crippen molar-refractivity contribution in [1.82, 2.24) is 15.6 Å². The lowest BCUT2D eigenvalue weighted by Crippen LogP contribution is -2.29. The molecule has 1 atom stereocenters. The van der Waals surface area contributed by atoms with Gasteiger partial charge in [-0.1, -0.05) is 6.92 Å². The fourth-order valence-electron chi connectivity index (χ4n) is 1.90. The summed E-state index contributed by atoms with van der Waals surface area (Å²) >= 11 is 0. The van der Waals surface area contributed by atoms with Gasteiger partial charge >= 0.3 is 0 Å². The van der Waals surface area contributed by atoms with Crippen LogP contribution < -0.4 is 11.3 Å². The lowest BCUT2D eigenvalue weighted by molar-refractivity contribution is 0.501. The molecule has 1 unspecified atom stereocenters. The monoisotopic (exact) mass is 286 g/mol. The summed E-state index contributed by atoms with van der Waals surface area (Å²) < 4.78 is 22.9. The summed E-state index contributed by atoms with van der Waals surface area (Å²) in [4.78, 5) is 0. The molecule has 0 bridgehead atoms. The van der Waals surface area contributed by atoms with Crippen LogP contribution in [-0.2, 0) is 9.84 Å². The van der Waals surface area contributed by atoms with Crippen LogP contribution in [-0.4, -0.2) is 30.1 Å². The normalized spacial score (nSPS) is 13.5. The first-order chi connectivity index (χ1) is 8.89. The van der Waals surface area contributed by atoms with Crippen LogP contribution in [0, 0.1) is 13.8 Å². The first-order valence-electron chi connectivity index (χ1n) is 6.37. The Morgan fingerprint density at radius 1 is 1.37 bits per heavy atom. The number of rotatable bonds is 7. The Labute approximate surface area is 114 Å². The molecule has 0 aromatic carbocycles. The molecule has 0 aliphatic heterocycles. The van der Waals surface area contributed by atoms with E-state index in [2.05, 4.69) is 15.6 Å². The van der Waals surface area contributed by atoms with Crippen molar-refractivity contribution in [3.05, 3.63) is 23.0 Å². The van der Waals surface area contributed by atoms with Crippen LogP contribution in [0.15, 0.2) is 6.07 Å². The highest BCUT2D eigenvalue weighted by Crippen LogP contribution is 2.20. The lowest BCUT2D eigenvalue weighted by Gasteiger charge is -2.17. The second kappa shape index (κ2) is 6.93. The number of nitrogens with two attached hydrogens (primary N) is 1. The average molecular weight is 286 g/mol. The fraction of sp³-hybridized carbons (Fsp3) is 0.667. The zero-order chi connectivity index (χ0) is 14.5. The summed E-state index contributed by atoms with van der Waals surface area (Å²) in [6.07, 6.45) is 1.23. The molecule has 1 heterocycles. The van der Waals surface area contributed by atoms with Gasteiger partial charge in [0, 0.05) is 11.8 Å². The molecule has 0 fully saturated rings. The molecule has 0 saturated heterocycles. The Kier molecular flexibility index (Phi) is 5.84. The highest BCUT2D eigenvalue weighted by Gasteiger charge is 2.15. The van der Waals surface area contributed by atoms with Crippen LogP contribution in [0.1, 0.15) is 42.8 Å². The van der Waals surface area contributed by atoms with Gasteiger partial charge in [0.15, 0.2) is 0 Å². The van der Waals surface area contributed by atoms with E-state index < -0.39 is 9.84 Å². The Bertz CT molecular complexity index is 516. The van der Waals surface area contributed by atoms with E-state index >= 15 is 0 Å². The maximum absolute atomic E-state index is 11.5. The van der Waals surface area contributed by atoms with Crippen molar-refractivity contribution in [2.75, 3.05) is 11.5 Å². The second-order valence-corrected chi connectivity index (χ2v) is 7.10. The van der Waals surface area contributed by atoms with E-state index in [0.717, 1.165) is 17.0 Å². The number of hydrazine groups is 1. The third kappa shape index (κ3) is 4.85. The molecule has 108 valence electrons. The molecule has 6 nitrogen and oxygen atoms in total. The summed E-state index contributed by atoms with van der Waals surface area (Å²) in [6, 6.07) is 1.84. The van der Waals surface area contributed by atoms with Crippen molar-refractivity contribution >= 4 is 9.84 Å². The van der Waals surface area contributed by atoms with Gasteiger partial charge in [-0.2, -0.15) is 10.2 Å². The van der Waals surface area contributed by atoms with Crippen LogP contribution in [0.5, 0.6) is 0 Å². The Balaban J connectivity index is 2.71. The van der Waals surface area contributed by atoms with E-state index in [1.807, 2.05) is 19.9 Å². The summed E-state index contributed by atoms with van der Waals surface area (Å²) in [6.45, 7) is 5.40. The van der Waals surface area contributed by atoms with Gasteiger partial charge in [-0.3, -0.25) is 11.3 Å². The zero-order valence-corrected chi connectivity index (χ0v) is 12.5. The van der Waals surface area contributed by atoms with Crippen LogP contribution in [0.4, 0.5) is 0 Å². The van der Waals surface area contributed by atoms with Gasteiger partial charge in [-0.05, 0) is 38.3 Å². The van der Waals surface area contributed by atoms with Gasteiger partial charge in [0.05, 0.1) is 17.1 Å². The molecular weight excluding hydrogens is 264 g/mol. The number of nitrogens with zero attached hydrogens (tertiary/aromatic N) is 2. The minimum atomic E-state index is -2.92. The number of hydrogen-bond donors (Lipinski definition) is 2. The van der Waals surface area contributed by atoms with E-state index in [4.69, 9.17) is 5.84 Å². The van der Waals surface area contributed by atoms with Crippen molar-refractivity contribution in [2.45, 2.75) is 39.7 Å². The third-order valence-corrected chi connectivity index (χ3v) is 4.89. The molecule has 0 spiro atoms. The molecule has 19 heavy (non-hydrogen) atoms. The fourth-order valence-corrected chi connectivity index (χ4v) is 2.80. The van der Waals surface area contributed by atoms with Crippen molar-refractivity contribution in [3.63, 3.8) is 0 Å². The topological polar surface area (TPSA) is 98.0 Å². The molecule has 1 aromatic rings. The molecular formula is C12H22N4O2S. The molecule has 1 rings (SSSR count). The summed E-state index contributed by atoms with van der Waals surface area (Å²) in [5.74, 6) is 5.93. The Morgan fingerprint density at radius 2 is 2.05 bits per heavy atom. The Hall–Kier alpha value is -1.05. The highest BCUT2D eigenvalue weighted by atomic mass is 32.2. The van der Waals surface area contributed by atoms with Crippen molar-refractivity contribution in [3.8, 4) is 0 Å². The van der Waals surface area contributed by atoms with Gasteiger partial charge in [0.1, 0.15) is 9.84 Å². The maximum Gasteiger partial charge on any atom is 0.150 e. The van der Waals surface area contributed by atoms with Crippen molar-refractivity contribution in [1.29, 1.82) is 0 Å². The molecule has 3 N–H and O–H groups in total. The predicted octanol–water partition coefficient (Wildman–Crippen LogP) is 0.813. The van der Waals surface area contributed by atoms with Gasteiger partial charge in [-0.15, -0.1) is 0 Å². The van der Waals surface area contributed by atoms with Crippen molar-refractivity contribution in [2.24, 2.45) is 5.84 Å². The van der Waals surface area contributed by atoms with Crippen LogP contribution >= 0.6 is 0 Å². The number of hydrogen-bond acceptors (Lipinski definition) is 6. The van der Waals surface area contributed by atoms with Gasteiger partial charge in [-0.25, -0.2) is 8.42 Å². The summed E-state index contributed by atoms with van der Waals surface area (Å²) in [7, 11) is -2.92. The highest BCUT2D eigenvalue weighted by molar-refractivity contribution is 7.91. The molecule has 0 aliphatic rings. The molecule has 0 radical (unpaired) electrons. The quantitative estimate of drug-likeness (QED) is 0.568. The van der Waals surface area contributed by atoms with E-state index in [9.17, 15) is 8.42 Å². The molecule has 7 heteroatoms. The predicted molar refractivity (Wildman–Crippen MR) is 75.1 cm³/mol. The van der Waals surface area contributed by atoms with Crippen LogP contribution in [0.2, 0.25) is 0 Å². The van der Waals surface area contributed by atoms with E-state index in [1.165, 1.54) is 0 Å². The van der Waals surface area contributed by atoms with E-state index in [-0.39, 0.29) is 17.5 Å². The maximum atomic E-state index is 11.5. The average Bonchev–Trinajstić information content (AvgIpc) is 2.38.